The Morgan fingerprint density at radius 2 is 2.00 bits per heavy atom. The molecule has 1 aromatic heterocycles. The van der Waals surface area contributed by atoms with E-state index in [1.807, 2.05) is 12.1 Å². The average Bonchev–Trinajstić information content (AvgIpc) is 2.16. The van der Waals surface area contributed by atoms with Crippen molar-refractivity contribution in [3.05, 3.63) is 36.1 Å². The highest BCUT2D eigenvalue weighted by molar-refractivity contribution is 5.80. The Bertz CT molecular complexity index is 440. The van der Waals surface area contributed by atoms with Gasteiger partial charge in [0.05, 0.1) is 5.52 Å². The number of benzene rings is 1. The Hall–Kier alpha value is -1.64. The maximum absolute atomic E-state index is 12.8. The fraction of sp³-hybridized carbons (Fsp3) is 0.100. The third kappa shape index (κ3) is 1.45. The lowest BCUT2D eigenvalue weighted by atomic mass is 10.2. The van der Waals surface area contributed by atoms with Gasteiger partial charge < -0.3 is 5.32 Å². The van der Waals surface area contributed by atoms with Gasteiger partial charge in [0.15, 0.2) is 0 Å². The van der Waals surface area contributed by atoms with Crippen molar-refractivity contribution >= 4 is 16.7 Å². The van der Waals surface area contributed by atoms with Crippen LogP contribution in [-0.4, -0.2) is 12.0 Å². The summed E-state index contributed by atoms with van der Waals surface area (Å²) in [6.45, 7) is 0. The van der Waals surface area contributed by atoms with Crippen molar-refractivity contribution < 1.29 is 4.39 Å². The van der Waals surface area contributed by atoms with Crippen molar-refractivity contribution in [3.63, 3.8) is 0 Å². The second-order valence-corrected chi connectivity index (χ2v) is 2.78. The summed E-state index contributed by atoms with van der Waals surface area (Å²) in [6, 6.07) is 8.35. The number of nitrogens with one attached hydrogen (secondary N) is 1. The number of pyridine rings is 1. The minimum atomic E-state index is -0.256. The molecule has 0 aliphatic rings. The van der Waals surface area contributed by atoms with E-state index in [1.54, 1.807) is 13.1 Å². The first-order valence-electron chi connectivity index (χ1n) is 4.03. The van der Waals surface area contributed by atoms with E-state index < -0.39 is 0 Å². The summed E-state index contributed by atoms with van der Waals surface area (Å²) in [6.07, 6.45) is 0. The molecule has 0 fully saturated rings. The molecular weight excluding hydrogens is 167 g/mol. The zero-order valence-corrected chi connectivity index (χ0v) is 7.21. The molecule has 0 aliphatic carbocycles. The fourth-order valence-corrected chi connectivity index (χ4v) is 1.23. The minimum Gasteiger partial charge on any atom is -0.373 e. The van der Waals surface area contributed by atoms with Gasteiger partial charge in [-0.15, -0.1) is 0 Å². The van der Waals surface area contributed by atoms with Crippen LogP contribution in [0, 0.1) is 5.82 Å². The van der Waals surface area contributed by atoms with E-state index in [1.165, 1.54) is 12.1 Å². The molecule has 66 valence electrons. The highest BCUT2D eigenvalue weighted by Gasteiger charge is 1.97. The number of rotatable bonds is 1. The predicted molar refractivity (Wildman–Crippen MR) is 51.2 cm³/mol. The number of nitrogens with zero attached hydrogens (tertiary/aromatic N) is 1. The van der Waals surface area contributed by atoms with Gasteiger partial charge in [-0.25, -0.2) is 9.37 Å². The van der Waals surface area contributed by atoms with E-state index in [-0.39, 0.29) is 5.82 Å². The number of hydrogen-bond acceptors (Lipinski definition) is 2. The first kappa shape index (κ1) is 7.98. The molecule has 0 radical (unpaired) electrons. The molecule has 0 atom stereocenters. The summed E-state index contributed by atoms with van der Waals surface area (Å²) in [5.41, 5.74) is 0.673. The third-order valence-electron chi connectivity index (χ3n) is 1.91. The van der Waals surface area contributed by atoms with Crippen molar-refractivity contribution in [1.82, 2.24) is 4.98 Å². The summed E-state index contributed by atoms with van der Waals surface area (Å²) in [5, 5.41) is 3.85. The van der Waals surface area contributed by atoms with Crippen LogP contribution < -0.4 is 5.32 Å². The van der Waals surface area contributed by atoms with Crippen molar-refractivity contribution in [2.75, 3.05) is 12.4 Å². The third-order valence-corrected chi connectivity index (χ3v) is 1.91. The Morgan fingerprint density at radius 1 is 1.23 bits per heavy atom. The minimum absolute atomic E-state index is 0.256. The molecule has 1 N–H and O–H groups in total. The molecule has 2 aromatic rings. The van der Waals surface area contributed by atoms with Crippen LogP contribution in [0.15, 0.2) is 30.3 Å². The Labute approximate surface area is 75.4 Å². The molecule has 0 bridgehead atoms. The molecule has 0 spiro atoms. The molecule has 2 rings (SSSR count). The zero-order valence-electron chi connectivity index (χ0n) is 7.21. The Balaban J connectivity index is 2.68. The smallest absolute Gasteiger partial charge is 0.126 e. The van der Waals surface area contributed by atoms with Gasteiger partial charge >= 0.3 is 0 Å². The highest BCUT2D eigenvalue weighted by Crippen LogP contribution is 2.15. The number of aromatic nitrogens is 1. The van der Waals surface area contributed by atoms with E-state index in [0.29, 0.717) is 5.52 Å². The van der Waals surface area contributed by atoms with Gasteiger partial charge in [0.2, 0.25) is 0 Å². The molecule has 0 saturated heterocycles. The van der Waals surface area contributed by atoms with Crippen LogP contribution in [0.25, 0.3) is 10.9 Å². The molecule has 0 amide bonds. The number of anilines is 1. The van der Waals surface area contributed by atoms with E-state index >= 15 is 0 Å². The summed E-state index contributed by atoms with van der Waals surface area (Å²) >= 11 is 0. The lowest BCUT2D eigenvalue weighted by Gasteiger charge is -2.01. The summed E-state index contributed by atoms with van der Waals surface area (Å²) < 4.78 is 12.8. The zero-order chi connectivity index (χ0) is 9.26. The normalized spacial score (nSPS) is 10.3. The SMILES string of the molecule is CNc1ccc2ccc(F)cc2n1. The Morgan fingerprint density at radius 3 is 2.77 bits per heavy atom. The molecule has 1 heterocycles. The summed E-state index contributed by atoms with van der Waals surface area (Å²) in [4.78, 5) is 4.20. The number of hydrogen-bond donors (Lipinski definition) is 1. The van der Waals surface area contributed by atoms with Crippen LogP contribution >= 0.6 is 0 Å². The second kappa shape index (κ2) is 3.01. The van der Waals surface area contributed by atoms with Crippen molar-refractivity contribution in [2.45, 2.75) is 0 Å². The molecular formula is C10H9FN2. The molecule has 2 nitrogen and oxygen atoms in total. The number of halogens is 1. The predicted octanol–water partition coefficient (Wildman–Crippen LogP) is 2.42. The van der Waals surface area contributed by atoms with Gasteiger partial charge in [-0.2, -0.15) is 0 Å². The van der Waals surface area contributed by atoms with Gasteiger partial charge in [-0.3, -0.25) is 0 Å². The molecule has 0 aliphatic heterocycles. The quantitative estimate of drug-likeness (QED) is 0.721. The van der Waals surface area contributed by atoms with Crippen LogP contribution in [0.2, 0.25) is 0 Å². The highest BCUT2D eigenvalue weighted by atomic mass is 19.1. The van der Waals surface area contributed by atoms with E-state index in [2.05, 4.69) is 10.3 Å². The summed E-state index contributed by atoms with van der Waals surface area (Å²) in [5.74, 6) is 0.492. The van der Waals surface area contributed by atoms with E-state index in [4.69, 9.17) is 0 Å². The van der Waals surface area contributed by atoms with Crippen molar-refractivity contribution in [1.29, 1.82) is 0 Å². The van der Waals surface area contributed by atoms with Gasteiger partial charge in [0.25, 0.3) is 0 Å². The Kier molecular flexibility index (Phi) is 1.85. The second-order valence-electron chi connectivity index (χ2n) is 2.78. The molecule has 0 unspecified atom stereocenters. The first-order valence-corrected chi connectivity index (χ1v) is 4.03. The van der Waals surface area contributed by atoms with Gasteiger partial charge in [-0.05, 0) is 24.3 Å². The number of fused-ring (bicyclic) bond motifs is 1. The van der Waals surface area contributed by atoms with Gasteiger partial charge in [0, 0.05) is 18.5 Å². The van der Waals surface area contributed by atoms with Crippen LogP contribution in [0.5, 0.6) is 0 Å². The van der Waals surface area contributed by atoms with Crippen molar-refractivity contribution in [3.8, 4) is 0 Å². The first-order chi connectivity index (χ1) is 6.29. The lowest BCUT2D eigenvalue weighted by molar-refractivity contribution is 0.629. The fourth-order valence-electron chi connectivity index (χ4n) is 1.23. The topological polar surface area (TPSA) is 24.9 Å². The average molecular weight is 176 g/mol. The monoisotopic (exact) mass is 176 g/mol. The van der Waals surface area contributed by atoms with Crippen LogP contribution in [0.3, 0.4) is 0 Å². The van der Waals surface area contributed by atoms with Crippen molar-refractivity contribution in [2.24, 2.45) is 0 Å². The van der Waals surface area contributed by atoms with Gasteiger partial charge in [0.1, 0.15) is 11.6 Å². The standard InChI is InChI=1S/C10H9FN2/c1-12-10-5-3-7-2-4-8(11)6-9(7)13-10/h2-6H,1H3,(H,12,13). The molecule has 13 heavy (non-hydrogen) atoms. The maximum Gasteiger partial charge on any atom is 0.126 e. The maximum atomic E-state index is 12.8. The van der Waals surface area contributed by atoms with E-state index in [9.17, 15) is 4.39 Å². The lowest BCUT2D eigenvalue weighted by Crippen LogP contribution is -1.91. The molecule has 0 saturated carbocycles. The van der Waals surface area contributed by atoms with Crippen LogP contribution in [-0.2, 0) is 0 Å². The van der Waals surface area contributed by atoms with Gasteiger partial charge in [-0.1, -0.05) is 0 Å². The van der Waals surface area contributed by atoms with E-state index in [0.717, 1.165) is 11.2 Å². The van der Waals surface area contributed by atoms with Crippen LogP contribution in [0.4, 0.5) is 10.2 Å². The van der Waals surface area contributed by atoms with Crippen LogP contribution in [0.1, 0.15) is 0 Å². The largest absolute Gasteiger partial charge is 0.373 e. The summed E-state index contributed by atoms with van der Waals surface area (Å²) in [7, 11) is 1.79. The molecule has 3 heteroatoms. The molecule has 1 aromatic carbocycles.